The SMILES string of the molecule is CC1(C)O[C@@H]2COC[C@@]2(c2ccc(/C(N)=N\C=N)[nH]2)O1. The van der Waals surface area contributed by atoms with Crippen molar-refractivity contribution in [1.29, 1.82) is 5.41 Å². The fourth-order valence-corrected chi connectivity index (χ4v) is 2.81. The van der Waals surface area contributed by atoms with Crippen LogP contribution in [0.2, 0.25) is 0 Å². The van der Waals surface area contributed by atoms with Gasteiger partial charge in [0.05, 0.1) is 24.6 Å². The van der Waals surface area contributed by atoms with Gasteiger partial charge in [-0.15, -0.1) is 0 Å². The molecule has 3 rings (SSSR count). The van der Waals surface area contributed by atoms with Gasteiger partial charge in [0.15, 0.2) is 11.4 Å². The molecule has 0 saturated carbocycles. The second-order valence-corrected chi connectivity index (χ2v) is 5.44. The Hall–Kier alpha value is -1.70. The summed E-state index contributed by atoms with van der Waals surface area (Å²) in [5, 5.41) is 6.95. The predicted molar refractivity (Wildman–Crippen MR) is 72.8 cm³/mol. The fourth-order valence-electron chi connectivity index (χ4n) is 2.81. The van der Waals surface area contributed by atoms with E-state index in [1.165, 1.54) is 0 Å². The lowest BCUT2D eigenvalue weighted by atomic mass is 9.96. The maximum Gasteiger partial charge on any atom is 0.164 e. The summed E-state index contributed by atoms with van der Waals surface area (Å²) < 4.78 is 17.5. The number of nitrogens with one attached hydrogen (secondary N) is 2. The molecule has 2 atom stereocenters. The molecular weight excluding hydrogens is 260 g/mol. The van der Waals surface area contributed by atoms with Gasteiger partial charge in [-0.1, -0.05) is 0 Å². The fraction of sp³-hybridized carbons (Fsp3) is 0.538. The molecule has 0 spiro atoms. The van der Waals surface area contributed by atoms with E-state index in [2.05, 4.69) is 9.98 Å². The third kappa shape index (κ3) is 1.94. The first kappa shape index (κ1) is 13.3. The van der Waals surface area contributed by atoms with Gasteiger partial charge in [-0.2, -0.15) is 0 Å². The van der Waals surface area contributed by atoms with Gasteiger partial charge in [0.25, 0.3) is 0 Å². The quantitative estimate of drug-likeness (QED) is 0.559. The first-order chi connectivity index (χ1) is 9.47. The lowest BCUT2D eigenvalue weighted by Gasteiger charge is -2.26. The molecule has 1 aromatic rings. The van der Waals surface area contributed by atoms with E-state index in [1.54, 1.807) is 0 Å². The third-order valence-electron chi connectivity index (χ3n) is 3.58. The number of fused-ring (bicyclic) bond motifs is 1. The second-order valence-electron chi connectivity index (χ2n) is 5.44. The zero-order valence-electron chi connectivity index (χ0n) is 11.5. The van der Waals surface area contributed by atoms with Gasteiger partial charge in [-0.05, 0) is 26.0 Å². The van der Waals surface area contributed by atoms with Crippen LogP contribution >= 0.6 is 0 Å². The summed E-state index contributed by atoms with van der Waals surface area (Å²) in [6.07, 6.45) is 0.762. The summed E-state index contributed by atoms with van der Waals surface area (Å²) in [4.78, 5) is 6.94. The highest BCUT2D eigenvalue weighted by Crippen LogP contribution is 2.46. The number of hydrogen-bond donors (Lipinski definition) is 3. The third-order valence-corrected chi connectivity index (χ3v) is 3.58. The molecule has 3 heterocycles. The highest BCUT2D eigenvalue weighted by molar-refractivity contribution is 5.99. The molecule has 2 aliphatic heterocycles. The maximum atomic E-state index is 6.95. The van der Waals surface area contributed by atoms with Crippen LogP contribution in [-0.2, 0) is 19.8 Å². The molecule has 4 N–H and O–H groups in total. The van der Waals surface area contributed by atoms with Gasteiger partial charge in [-0.25, -0.2) is 4.99 Å². The summed E-state index contributed by atoms with van der Waals surface area (Å²) >= 11 is 0. The van der Waals surface area contributed by atoms with E-state index in [0.717, 1.165) is 12.0 Å². The Morgan fingerprint density at radius 3 is 3.10 bits per heavy atom. The van der Waals surface area contributed by atoms with Crippen LogP contribution in [0.4, 0.5) is 0 Å². The number of nitrogens with two attached hydrogens (primary N) is 1. The minimum absolute atomic E-state index is 0.148. The number of aromatic amines is 1. The number of H-pyrrole nitrogens is 1. The van der Waals surface area contributed by atoms with Crippen molar-refractivity contribution >= 4 is 12.2 Å². The van der Waals surface area contributed by atoms with Gasteiger partial charge < -0.3 is 24.9 Å². The van der Waals surface area contributed by atoms with Crippen molar-refractivity contribution in [3.05, 3.63) is 23.5 Å². The molecule has 0 aromatic carbocycles. The number of aliphatic imine (C=N–C) groups is 1. The van der Waals surface area contributed by atoms with Crippen molar-refractivity contribution in [3.63, 3.8) is 0 Å². The van der Waals surface area contributed by atoms with Crippen LogP contribution in [-0.4, -0.2) is 42.3 Å². The molecule has 2 fully saturated rings. The Bertz CT molecular complexity index is 566. The smallest absolute Gasteiger partial charge is 0.164 e. The van der Waals surface area contributed by atoms with Crippen molar-refractivity contribution in [1.82, 2.24) is 4.98 Å². The van der Waals surface area contributed by atoms with Crippen molar-refractivity contribution in [2.45, 2.75) is 31.3 Å². The Labute approximate surface area is 116 Å². The van der Waals surface area contributed by atoms with Crippen LogP contribution in [0.25, 0.3) is 0 Å². The summed E-state index contributed by atoms with van der Waals surface area (Å²) in [7, 11) is 0. The number of ether oxygens (including phenoxy) is 3. The summed E-state index contributed by atoms with van der Waals surface area (Å²) in [6, 6.07) is 3.71. The molecule has 20 heavy (non-hydrogen) atoms. The highest BCUT2D eigenvalue weighted by Gasteiger charge is 2.58. The number of aromatic nitrogens is 1. The largest absolute Gasteiger partial charge is 0.382 e. The molecule has 0 bridgehead atoms. The Morgan fingerprint density at radius 2 is 2.35 bits per heavy atom. The molecule has 0 radical (unpaired) electrons. The molecule has 7 heteroatoms. The molecule has 2 aliphatic rings. The number of nitrogens with zero attached hydrogens (tertiary/aromatic N) is 1. The lowest BCUT2D eigenvalue weighted by molar-refractivity contribution is -0.185. The van der Waals surface area contributed by atoms with Crippen LogP contribution in [0.3, 0.4) is 0 Å². The van der Waals surface area contributed by atoms with Gasteiger partial charge in [0.1, 0.15) is 18.3 Å². The molecule has 0 aliphatic carbocycles. The topological polar surface area (TPSA) is 106 Å². The van der Waals surface area contributed by atoms with Crippen LogP contribution in [0.5, 0.6) is 0 Å². The van der Waals surface area contributed by atoms with E-state index in [4.69, 9.17) is 25.4 Å². The van der Waals surface area contributed by atoms with E-state index in [9.17, 15) is 0 Å². The van der Waals surface area contributed by atoms with Crippen molar-refractivity contribution in [2.24, 2.45) is 10.7 Å². The predicted octanol–water partition coefficient (Wildman–Crippen LogP) is 0.704. The minimum atomic E-state index is -0.645. The highest BCUT2D eigenvalue weighted by atomic mass is 16.8. The van der Waals surface area contributed by atoms with Crippen LogP contribution in [0, 0.1) is 5.41 Å². The standard InChI is InChI=1S/C13H18N4O3/c1-12(2)19-10-5-18-6-13(10,20-12)9-4-3-8(17-9)11(15)16-7-14/h3-4,7,10,17H,5-6H2,1-2H3,(H3,14,15,16)/t10-,13+/m1/s1. The van der Waals surface area contributed by atoms with E-state index >= 15 is 0 Å². The van der Waals surface area contributed by atoms with Crippen molar-refractivity contribution in [3.8, 4) is 0 Å². The van der Waals surface area contributed by atoms with Crippen molar-refractivity contribution < 1.29 is 14.2 Å². The minimum Gasteiger partial charge on any atom is -0.382 e. The molecule has 108 valence electrons. The van der Waals surface area contributed by atoms with E-state index < -0.39 is 11.4 Å². The Balaban J connectivity index is 1.96. The lowest BCUT2D eigenvalue weighted by Crippen LogP contribution is -2.37. The molecule has 1 aromatic heterocycles. The molecule has 0 amide bonds. The number of rotatable bonds is 3. The van der Waals surface area contributed by atoms with E-state index in [1.807, 2.05) is 26.0 Å². The zero-order valence-corrected chi connectivity index (χ0v) is 11.5. The average Bonchev–Trinajstić information content (AvgIpc) is 3.00. The van der Waals surface area contributed by atoms with Crippen molar-refractivity contribution in [2.75, 3.05) is 13.2 Å². The van der Waals surface area contributed by atoms with Gasteiger partial charge in [-0.3, -0.25) is 5.41 Å². The average molecular weight is 278 g/mol. The molecule has 7 nitrogen and oxygen atoms in total. The van der Waals surface area contributed by atoms with Crippen LogP contribution in [0.15, 0.2) is 17.1 Å². The first-order valence-corrected chi connectivity index (χ1v) is 6.45. The Kier molecular flexibility index (Phi) is 2.93. The Morgan fingerprint density at radius 1 is 1.55 bits per heavy atom. The summed E-state index contributed by atoms with van der Waals surface area (Å²) in [5.74, 6) is -0.384. The monoisotopic (exact) mass is 278 g/mol. The van der Waals surface area contributed by atoms with Gasteiger partial charge in [0, 0.05) is 0 Å². The van der Waals surface area contributed by atoms with E-state index in [-0.39, 0.29) is 11.9 Å². The van der Waals surface area contributed by atoms with Gasteiger partial charge in [0.2, 0.25) is 0 Å². The molecule has 0 unspecified atom stereocenters. The molecular formula is C13H18N4O3. The number of amidine groups is 1. The first-order valence-electron chi connectivity index (χ1n) is 6.45. The normalized spacial score (nSPS) is 32.3. The van der Waals surface area contributed by atoms with Gasteiger partial charge >= 0.3 is 0 Å². The second kappa shape index (κ2) is 4.41. The zero-order chi connectivity index (χ0) is 14.4. The maximum absolute atomic E-state index is 6.95. The number of hydrogen-bond acceptors (Lipinski definition) is 4. The van der Waals surface area contributed by atoms with Crippen LogP contribution < -0.4 is 5.73 Å². The summed E-state index contributed by atoms with van der Waals surface area (Å²) in [6.45, 7) is 4.72. The summed E-state index contributed by atoms with van der Waals surface area (Å²) in [5.41, 5.74) is 6.64. The molecule has 2 saturated heterocycles. The van der Waals surface area contributed by atoms with E-state index in [0.29, 0.717) is 18.9 Å². The van der Waals surface area contributed by atoms with Crippen LogP contribution in [0.1, 0.15) is 25.2 Å².